The highest BCUT2D eigenvalue weighted by Gasteiger charge is 2.20. The summed E-state index contributed by atoms with van der Waals surface area (Å²) in [5, 5.41) is 7.88. The predicted molar refractivity (Wildman–Crippen MR) is 80.0 cm³/mol. The molecule has 0 bridgehead atoms. The van der Waals surface area contributed by atoms with Crippen LogP contribution in [0.25, 0.3) is 0 Å². The maximum absolute atomic E-state index is 12.4. The van der Waals surface area contributed by atoms with Crippen molar-refractivity contribution in [3.8, 4) is 0 Å². The van der Waals surface area contributed by atoms with Crippen molar-refractivity contribution in [1.29, 1.82) is 0 Å². The van der Waals surface area contributed by atoms with E-state index in [1.54, 1.807) is 4.68 Å². The van der Waals surface area contributed by atoms with Crippen LogP contribution in [0.2, 0.25) is 5.02 Å². The van der Waals surface area contributed by atoms with Crippen LogP contribution in [0.3, 0.4) is 0 Å². The number of amides is 1. The lowest BCUT2D eigenvalue weighted by atomic mass is 10.1. The molecule has 1 atom stereocenters. The first kappa shape index (κ1) is 14.6. The molecule has 0 radical (unpaired) electrons. The lowest BCUT2D eigenvalue weighted by Gasteiger charge is -2.15. The van der Waals surface area contributed by atoms with E-state index in [1.165, 1.54) is 0 Å². The van der Waals surface area contributed by atoms with Crippen molar-refractivity contribution < 1.29 is 4.79 Å². The summed E-state index contributed by atoms with van der Waals surface area (Å²) in [5.41, 5.74) is 3.12. The number of benzene rings is 1. The highest BCUT2D eigenvalue weighted by atomic mass is 35.5. The Bertz CT molecular complexity index is 649. The van der Waals surface area contributed by atoms with Gasteiger partial charge in [-0.25, -0.2) is 0 Å². The fourth-order valence-electron chi connectivity index (χ4n) is 2.28. The van der Waals surface area contributed by atoms with Gasteiger partial charge in [0, 0.05) is 17.8 Å². The summed E-state index contributed by atoms with van der Waals surface area (Å²) in [5.74, 6) is -0.125. The third kappa shape index (κ3) is 2.70. The topological polar surface area (TPSA) is 46.9 Å². The largest absolute Gasteiger partial charge is 0.345 e. The first-order valence-corrected chi connectivity index (χ1v) is 6.85. The van der Waals surface area contributed by atoms with Gasteiger partial charge in [0.2, 0.25) is 0 Å². The zero-order valence-corrected chi connectivity index (χ0v) is 12.8. The van der Waals surface area contributed by atoms with Crippen molar-refractivity contribution in [2.24, 2.45) is 7.05 Å². The lowest BCUT2D eigenvalue weighted by molar-refractivity contribution is 0.0938. The predicted octanol–water partition coefficient (Wildman–Crippen LogP) is 3.18. The van der Waals surface area contributed by atoms with Crippen molar-refractivity contribution in [3.05, 3.63) is 51.8 Å². The second kappa shape index (κ2) is 5.67. The molecule has 2 rings (SSSR count). The molecule has 2 aromatic rings. The van der Waals surface area contributed by atoms with E-state index < -0.39 is 0 Å². The van der Waals surface area contributed by atoms with Crippen LogP contribution < -0.4 is 5.32 Å². The van der Waals surface area contributed by atoms with Gasteiger partial charge in [0.1, 0.15) is 0 Å². The van der Waals surface area contributed by atoms with Crippen molar-refractivity contribution in [2.45, 2.75) is 26.8 Å². The summed E-state index contributed by atoms with van der Waals surface area (Å²) in [6.07, 6.45) is 0. The standard InChI is InChI=1S/C15H18ClN3O/c1-9(12-7-5-6-8-13(12)16)17-15(20)14-10(2)18-19(4)11(14)3/h5-9H,1-4H3,(H,17,20). The average Bonchev–Trinajstić information content (AvgIpc) is 2.63. The number of aryl methyl sites for hydroxylation is 2. The zero-order chi connectivity index (χ0) is 14.9. The van der Waals surface area contributed by atoms with Crippen LogP contribution in [0.1, 0.15) is 40.3 Å². The molecule has 20 heavy (non-hydrogen) atoms. The zero-order valence-electron chi connectivity index (χ0n) is 12.1. The van der Waals surface area contributed by atoms with E-state index in [9.17, 15) is 4.79 Å². The van der Waals surface area contributed by atoms with Crippen LogP contribution in [-0.2, 0) is 7.05 Å². The highest BCUT2D eigenvalue weighted by molar-refractivity contribution is 6.31. The number of hydrogen-bond donors (Lipinski definition) is 1. The van der Waals surface area contributed by atoms with E-state index in [-0.39, 0.29) is 11.9 Å². The van der Waals surface area contributed by atoms with E-state index >= 15 is 0 Å². The molecule has 0 saturated carbocycles. The van der Waals surface area contributed by atoms with Gasteiger partial charge in [-0.1, -0.05) is 29.8 Å². The third-order valence-corrected chi connectivity index (χ3v) is 3.80. The maximum Gasteiger partial charge on any atom is 0.255 e. The molecule has 5 heteroatoms. The Hall–Kier alpha value is -1.81. The molecule has 106 valence electrons. The second-order valence-corrected chi connectivity index (χ2v) is 5.29. The Morgan fingerprint density at radius 1 is 1.35 bits per heavy atom. The third-order valence-electron chi connectivity index (χ3n) is 3.46. The summed E-state index contributed by atoms with van der Waals surface area (Å²) in [7, 11) is 1.83. The van der Waals surface area contributed by atoms with Crippen LogP contribution in [0.15, 0.2) is 24.3 Å². The van der Waals surface area contributed by atoms with E-state index in [4.69, 9.17) is 11.6 Å². The van der Waals surface area contributed by atoms with Gasteiger partial charge >= 0.3 is 0 Å². The van der Waals surface area contributed by atoms with E-state index in [0.717, 1.165) is 17.0 Å². The van der Waals surface area contributed by atoms with E-state index in [1.807, 2.05) is 52.1 Å². The molecule has 4 nitrogen and oxygen atoms in total. The summed E-state index contributed by atoms with van der Waals surface area (Å²) in [4.78, 5) is 12.4. The number of aromatic nitrogens is 2. The van der Waals surface area contributed by atoms with E-state index in [0.29, 0.717) is 10.6 Å². The number of carbonyl (C=O) groups is 1. The molecule has 1 unspecified atom stereocenters. The van der Waals surface area contributed by atoms with Crippen molar-refractivity contribution in [1.82, 2.24) is 15.1 Å². The average molecular weight is 292 g/mol. The summed E-state index contributed by atoms with van der Waals surface area (Å²) >= 11 is 6.15. The Morgan fingerprint density at radius 3 is 2.55 bits per heavy atom. The number of hydrogen-bond acceptors (Lipinski definition) is 2. The van der Waals surface area contributed by atoms with Gasteiger partial charge in [0.15, 0.2) is 0 Å². The first-order valence-electron chi connectivity index (χ1n) is 6.47. The van der Waals surface area contributed by atoms with Gasteiger partial charge in [-0.3, -0.25) is 9.48 Å². The van der Waals surface area contributed by atoms with Gasteiger partial charge in [0.05, 0.1) is 17.3 Å². The Morgan fingerprint density at radius 2 is 2.00 bits per heavy atom. The maximum atomic E-state index is 12.4. The molecule has 1 aromatic heterocycles. The monoisotopic (exact) mass is 291 g/mol. The van der Waals surface area contributed by atoms with Crippen molar-refractivity contribution >= 4 is 17.5 Å². The van der Waals surface area contributed by atoms with Gasteiger partial charge < -0.3 is 5.32 Å². The fourth-order valence-corrected chi connectivity index (χ4v) is 2.57. The van der Waals surface area contributed by atoms with Gasteiger partial charge in [0.25, 0.3) is 5.91 Å². The van der Waals surface area contributed by atoms with Crippen LogP contribution in [0.4, 0.5) is 0 Å². The molecular formula is C15H18ClN3O. The molecule has 1 N–H and O–H groups in total. The number of halogens is 1. The van der Waals surface area contributed by atoms with Crippen molar-refractivity contribution in [2.75, 3.05) is 0 Å². The minimum absolute atomic E-state index is 0.125. The molecule has 0 aliphatic rings. The molecule has 0 spiro atoms. The Kier molecular flexibility index (Phi) is 4.14. The SMILES string of the molecule is Cc1nn(C)c(C)c1C(=O)NC(C)c1ccccc1Cl. The molecule has 1 heterocycles. The van der Waals surface area contributed by atoms with Gasteiger partial charge in [-0.2, -0.15) is 5.10 Å². The number of carbonyl (C=O) groups excluding carboxylic acids is 1. The fraction of sp³-hybridized carbons (Fsp3) is 0.333. The number of rotatable bonds is 3. The summed E-state index contributed by atoms with van der Waals surface area (Å²) < 4.78 is 1.71. The quantitative estimate of drug-likeness (QED) is 0.944. The Balaban J connectivity index is 2.22. The summed E-state index contributed by atoms with van der Waals surface area (Å²) in [6, 6.07) is 7.35. The Labute approximate surface area is 123 Å². The minimum Gasteiger partial charge on any atom is -0.345 e. The molecule has 0 fully saturated rings. The molecule has 1 amide bonds. The lowest BCUT2D eigenvalue weighted by Crippen LogP contribution is -2.27. The molecule has 0 aliphatic heterocycles. The van der Waals surface area contributed by atoms with Gasteiger partial charge in [-0.15, -0.1) is 0 Å². The second-order valence-electron chi connectivity index (χ2n) is 4.89. The molecule has 1 aromatic carbocycles. The minimum atomic E-state index is -0.157. The molecular weight excluding hydrogens is 274 g/mol. The highest BCUT2D eigenvalue weighted by Crippen LogP contribution is 2.23. The van der Waals surface area contributed by atoms with Crippen LogP contribution in [0, 0.1) is 13.8 Å². The van der Waals surface area contributed by atoms with E-state index in [2.05, 4.69) is 10.4 Å². The normalized spacial score (nSPS) is 12.2. The van der Waals surface area contributed by atoms with Crippen LogP contribution in [0.5, 0.6) is 0 Å². The number of nitrogens with zero attached hydrogens (tertiary/aromatic N) is 2. The molecule has 0 aliphatic carbocycles. The molecule has 0 saturated heterocycles. The first-order chi connectivity index (χ1) is 9.41. The van der Waals surface area contributed by atoms with Crippen LogP contribution >= 0.6 is 11.6 Å². The van der Waals surface area contributed by atoms with Gasteiger partial charge in [-0.05, 0) is 32.4 Å². The van der Waals surface area contributed by atoms with Crippen molar-refractivity contribution in [3.63, 3.8) is 0 Å². The summed E-state index contributed by atoms with van der Waals surface area (Å²) in [6.45, 7) is 5.64. The number of nitrogens with one attached hydrogen (secondary N) is 1. The smallest absolute Gasteiger partial charge is 0.255 e. The van der Waals surface area contributed by atoms with Crippen LogP contribution in [-0.4, -0.2) is 15.7 Å².